The molecule has 0 spiro atoms. The zero-order chi connectivity index (χ0) is 14.9. The number of piperidine rings is 1. The van der Waals surface area contributed by atoms with Crippen molar-refractivity contribution >= 4 is 15.9 Å². The van der Waals surface area contributed by atoms with Gasteiger partial charge in [-0.1, -0.05) is 18.2 Å². The first-order chi connectivity index (χ1) is 10.1. The summed E-state index contributed by atoms with van der Waals surface area (Å²) in [5.41, 5.74) is 0. The molecule has 0 aromatic heterocycles. The monoisotopic (exact) mass is 308 g/mol. The Labute approximate surface area is 125 Å². The number of nitrogens with zero attached hydrogens (tertiary/aromatic N) is 1. The number of rotatable bonds is 4. The molecule has 0 bridgehead atoms. The zero-order valence-electron chi connectivity index (χ0n) is 11.9. The van der Waals surface area contributed by atoms with Gasteiger partial charge in [-0.15, -0.1) is 0 Å². The summed E-state index contributed by atoms with van der Waals surface area (Å²) < 4.78 is 27.2. The minimum absolute atomic E-state index is 0.0848. The van der Waals surface area contributed by atoms with Gasteiger partial charge in [0, 0.05) is 25.0 Å². The Balaban J connectivity index is 1.56. The van der Waals surface area contributed by atoms with Gasteiger partial charge in [0.15, 0.2) is 0 Å². The molecular formula is C15H20N2O3S. The number of sulfonamides is 1. The maximum Gasteiger partial charge on any atom is 0.240 e. The highest BCUT2D eigenvalue weighted by atomic mass is 32.2. The van der Waals surface area contributed by atoms with Crippen LogP contribution in [0.15, 0.2) is 35.2 Å². The molecular weight excluding hydrogens is 288 g/mol. The molecule has 21 heavy (non-hydrogen) atoms. The fraction of sp³-hybridized carbons (Fsp3) is 0.533. The van der Waals surface area contributed by atoms with Crippen molar-refractivity contribution in [2.45, 2.75) is 36.6 Å². The van der Waals surface area contributed by atoms with Crippen LogP contribution in [0.1, 0.15) is 25.7 Å². The number of benzene rings is 1. The molecule has 5 nitrogen and oxygen atoms in total. The third-order valence-electron chi connectivity index (χ3n) is 4.11. The van der Waals surface area contributed by atoms with Crippen molar-refractivity contribution in [1.29, 1.82) is 0 Å². The molecule has 1 amide bonds. The third kappa shape index (κ3) is 3.44. The maximum absolute atomic E-state index is 12.2. The van der Waals surface area contributed by atoms with Gasteiger partial charge in [0.05, 0.1) is 4.90 Å². The van der Waals surface area contributed by atoms with E-state index in [1.807, 2.05) is 4.90 Å². The van der Waals surface area contributed by atoms with E-state index >= 15 is 0 Å². The van der Waals surface area contributed by atoms with Gasteiger partial charge in [0.25, 0.3) is 0 Å². The first-order valence-corrected chi connectivity index (χ1v) is 8.91. The Morgan fingerprint density at radius 3 is 2.24 bits per heavy atom. The summed E-state index contributed by atoms with van der Waals surface area (Å²) in [6, 6.07) is 8.32. The summed E-state index contributed by atoms with van der Waals surface area (Å²) in [6.45, 7) is 1.30. The molecule has 1 aliphatic heterocycles. The quantitative estimate of drug-likeness (QED) is 0.913. The molecule has 1 aliphatic carbocycles. The molecule has 1 N–H and O–H groups in total. The summed E-state index contributed by atoms with van der Waals surface area (Å²) in [6.07, 6.45) is 3.40. The van der Waals surface area contributed by atoms with E-state index in [-0.39, 0.29) is 17.9 Å². The average molecular weight is 308 g/mol. The van der Waals surface area contributed by atoms with Crippen molar-refractivity contribution in [3.05, 3.63) is 30.3 Å². The van der Waals surface area contributed by atoms with Crippen LogP contribution in [0, 0.1) is 5.92 Å². The van der Waals surface area contributed by atoms with Crippen molar-refractivity contribution in [2.24, 2.45) is 5.92 Å². The molecule has 0 unspecified atom stereocenters. The van der Waals surface area contributed by atoms with E-state index in [2.05, 4.69) is 4.72 Å². The van der Waals surface area contributed by atoms with Gasteiger partial charge in [0.1, 0.15) is 0 Å². The fourth-order valence-electron chi connectivity index (χ4n) is 2.69. The van der Waals surface area contributed by atoms with Crippen molar-refractivity contribution in [1.82, 2.24) is 9.62 Å². The van der Waals surface area contributed by atoms with Crippen LogP contribution in [0.25, 0.3) is 0 Å². The zero-order valence-corrected chi connectivity index (χ0v) is 12.7. The second-order valence-electron chi connectivity index (χ2n) is 5.81. The molecule has 6 heteroatoms. The number of likely N-dealkylation sites (tertiary alicyclic amines) is 1. The number of carbonyl (C=O) groups is 1. The highest BCUT2D eigenvalue weighted by molar-refractivity contribution is 7.89. The maximum atomic E-state index is 12.2. The molecule has 0 radical (unpaired) electrons. The smallest absolute Gasteiger partial charge is 0.240 e. The predicted molar refractivity (Wildman–Crippen MR) is 79.1 cm³/mol. The van der Waals surface area contributed by atoms with Gasteiger partial charge in [0.2, 0.25) is 15.9 Å². The van der Waals surface area contributed by atoms with Gasteiger partial charge in [-0.3, -0.25) is 4.79 Å². The number of amides is 1. The highest BCUT2D eigenvalue weighted by Gasteiger charge is 2.35. The van der Waals surface area contributed by atoms with Crippen LogP contribution in [0.5, 0.6) is 0 Å². The van der Waals surface area contributed by atoms with Crippen molar-refractivity contribution in [2.75, 3.05) is 13.1 Å². The lowest BCUT2D eigenvalue weighted by atomic mass is 10.1. The van der Waals surface area contributed by atoms with Gasteiger partial charge >= 0.3 is 0 Å². The molecule has 1 aromatic rings. The van der Waals surface area contributed by atoms with Gasteiger partial charge in [-0.25, -0.2) is 13.1 Å². The Morgan fingerprint density at radius 1 is 1.05 bits per heavy atom. The molecule has 2 aliphatic rings. The summed E-state index contributed by atoms with van der Waals surface area (Å²) in [5.74, 6) is 0.488. The Hall–Kier alpha value is -1.40. The van der Waals surface area contributed by atoms with Crippen LogP contribution >= 0.6 is 0 Å². The van der Waals surface area contributed by atoms with Crippen LogP contribution in [-0.2, 0) is 14.8 Å². The number of nitrogens with one attached hydrogen (secondary N) is 1. The topological polar surface area (TPSA) is 66.5 Å². The van der Waals surface area contributed by atoms with E-state index in [0.717, 1.165) is 12.8 Å². The van der Waals surface area contributed by atoms with Crippen LogP contribution in [-0.4, -0.2) is 38.4 Å². The van der Waals surface area contributed by atoms with Crippen molar-refractivity contribution in [3.8, 4) is 0 Å². The van der Waals surface area contributed by atoms with Crippen LogP contribution < -0.4 is 4.72 Å². The minimum Gasteiger partial charge on any atom is -0.342 e. The number of hydrogen-bond donors (Lipinski definition) is 1. The molecule has 2 fully saturated rings. The van der Waals surface area contributed by atoms with Crippen LogP contribution in [0.4, 0.5) is 0 Å². The summed E-state index contributed by atoms with van der Waals surface area (Å²) in [5, 5.41) is 0. The second-order valence-corrected chi connectivity index (χ2v) is 7.52. The molecule has 1 aromatic carbocycles. The van der Waals surface area contributed by atoms with Crippen LogP contribution in [0.2, 0.25) is 0 Å². The van der Waals surface area contributed by atoms with E-state index in [1.54, 1.807) is 30.3 Å². The summed E-state index contributed by atoms with van der Waals surface area (Å²) in [4.78, 5) is 14.1. The third-order valence-corrected chi connectivity index (χ3v) is 5.64. The summed E-state index contributed by atoms with van der Waals surface area (Å²) >= 11 is 0. The lowest BCUT2D eigenvalue weighted by molar-refractivity contribution is -0.133. The normalized spacial score (nSPS) is 20.5. The Bertz CT molecular complexity index is 603. The van der Waals surface area contributed by atoms with Gasteiger partial charge in [-0.2, -0.15) is 0 Å². The average Bonchev–Trinajstić information content (AvgIpc) is 3.33. The van der Waals surface area contributed by atoms with E-state index in [1.165, 1.54) is 0 Å². The van der Waals surface area contributed by atoms with Gasteiger partial charge < -0.3 is 4.90 Å². The van der Waals surface area contributed by atoms with E-state index < -0.39 is 10.0 Å². The molecule has 1 saturated carbocycles. The fourth-order valence-corrected chi connectivity index (χ4v) is 4.02. The van der Waals surface area contributed by atoms with Crippen molar-refractivity contribution < 1.29 is 13.2 Å². The van der Waals surface area contributed by atoms with E-state index in [9.17, 15) is 13.2 Å². The van der Waals surface area contributed by atoms with E-state index in [4.69, 9.17) is 0 Å². The lowest BCUT2D eigenvalue weighted by Gasteiger charge is -2.32. The van der Waals surface area contributed by atoms with Gasteiger partial charge in [-0.05, 0) is 37.8 Å². The molecule has 0 atom stereocenters. The summed E-state index contributed by atoms with van der Waals surface area (Å²) in [7, 11) is -3.46. The SMILES string of the molecule is O=C(C1CC1)N1CCC(NS(=O)(=O)c2ccccc2)CC1. The predicted octanol–water partition coefficient (Wildman–Crippen LogP) is 1.37. The lowest BCUT2D eigenvalue weighted by Crippen LogP contribution is -2.46. The number of hydrogen-bond acceptors (Lipinski definition) is 3. The molecule has 1 heterocycles. The number of carbonyl (C=O) groups excluding carboxylic acids is 1. The Kier molecular flexibility index (Phi) is 3.99. The standard InChI is InChI=1S/C15H20N2O3S/c18-15(12-6-7-12)17-10-8-13(9-11-17)16-21(19,20)14-4-2-1-3-5-14/h1-5,12-13,16H,6-11H2. The highest BCUT2D eigenvalue weighted by Crippen LogP contribution is 2.32. The largest absolute Gasteiger partial charge is 0.342 e. The van der Waals surface area contributed by atoms with Crippen molar-refractivity contribution in [3.63, 3.8) is 0 Å². The molecule has 3 rings (SSSR count). The van der Waals surface area contributed by atoms with E-state index in [0.29, 0.717) is 30.8 Å². The molecule has 114 valence electrons. The minimum atomic E-state index is -3.46. The Morgan fingerprint density at radius 2 is 1.67 bits per heavy atom. The molecule has 1 saturated heterocycles. The first kappa shape index (κ1) is 14.5. The second kappa shape index (κ2) is 5.77. The first-order valence-electron chi connectivity index (χ1n) is 7.42. The van der Waals surface area contributed by atoms with Crippen LogP contribution in [0.3, 0.4) is 0 Å².